The molecule has 0 atom stereocenters. The Hall–Kier alpha value is -3.85. The van der Waals surface area contributed by atoms with Crippen LogP contribution in [-0.2, 0) is 0 Å². The molecule has 0 aliphatic heterocycles. The third-order valence-electron chi connectivity index (χ3n) is 3.28. The summed E-state index contributed by atoms with van der Waals surface area (Å²) in [6.45, 7) is 0. The highest BCUT2D eigenvalue weighted by Crippen LogP contribution is 2.30. The van der Waals surface area contributed by atoms with Gasteiger partial charge in [0.05, 0.1) is 16.2 Å². The summed E-state index contributed by atoms with van der Waals surface area (Å²) in [4.78, 5) is 12.4. The molecule has 3 N–H and O–H groups in total. The second-order valence-electron chi connectivity index (χ2n) is 5.04. The quantitative estimate of drug-likeness (QED) is 0.495. The summed E-state index contributed by atoms with van der Waals surface area (Å²) in [6.07, 6.45) is 1.43. The number of nitrogens with zero attached hydrogens (tertiary/aromatic N) is 5. The molecule has 0 amide bonds. The summed E-state index contributed by atoms with van der Waals surface area (Å²) in [7, 11) is 3.40. The lowest BCUT2D eigenvalue weighted by atomic mass is 10.0. The number of aromatic amines is 1. The van der Waals surface area contributed by atoms with Crippen LogP contribution in [0.25, 0.3) is 11.6 Å². The molecule has 0 saturated carbocycles. The first-order chi connectivity index (χ1) is 11.4. The van der Waals surface area contributed by atoms with Crippen molar-refractivity contribution in [3.8, 4) is 12.1 Å². The maximum atomic E-state index is 11.2. The molecule has 2 rings (SSSR count). The molecule has 0 fully saturated rings. The van der Waals surface area contributed by atoms with Crippen LogP contribution in [0.1, 0.15) is 16.8 Å². The lowest BCUT2D eigenvalue weighted by Gasteiger charge is -2.12. The van der Waals surface area contributed by atoms with Gasteiger partial charge in [0.15, 0.2) is 5.82 Å². The van der Waals surface area contributed by atoms with Crippen molar-refractivity contribution in [3.05, 3.63) is 45.1 Å². The Kier molecular flexibility index (Phi) is 4.47. The number of aromatic nitrogens is 2. The number of benzene rings is 1. The number of rotatable bonds is 4. The van der Waals surface area contributed by atoms with Crippen LogP contribution in [0.5, 0.6) is 0 Å². The Morgan fingerprint density at radius 1 is 1.46 bits per heavy atom. The van der Waals surface area contributed by atoms with E-state index in [0.717, 1.165) is 0 Å². The van der Waals surface area contributed by atoms with Gasteiger partial charge in [-0.05, 0) is 17.7 Å². The molecule has 0 aliphatic carbocycles. The van der Waals surface area contributed by atoms with Crippen molar-refractivity contribution in [1.82, 2.24) is 10.2 Å². The Balaban J connectivity index is 2.57. The average molecular weight is 323 g/mol. The normalized spacial score (nSPS) is 10.8. The maximum Gasteiger partial charge on any atom is 0.293 e. The second kappa shape index (κ2) is 6.50. The van der Waals surface area contributed by atoms with E-state index >= 15 is 0 Å². The molecular weight excluding hydrogens is 310 g/mol. The molecule has 0 spiro atoms. The highest BCUT2D eigenvalue weighted by molar-refractivity contribution is 5.91. The summed E-state index contributed by atoms with van der Waals surface area (Å²) in [5.74, 6) is -0.0115. The van der Waals surface area contributed by atoms with Gasteiger partial charge in [-0.3, -0.25) is 15.2 Å². The van der Waals surface area contributed by atoms with Crippen LogP contribution < -0.4 is 10.6 Å². The SMILES string of the molecule is CN(C)c1ccc(/C=C(\C#N)c2[nH]nc(N)c2C#N)cc1[N+](=O)[O-]. The van der Waals surface area contributed by atoms with E-state index in [1.54, 1.807) is 31.1 Å². The molecule has 9 nitrogen and oxygen atoms in total. The molecule has 24 heavy (non-hydrogen) atoms. The van der Waals surface area contributed by atoms with Crippen LogP contribution in [0.2, 0.25) is 0 Å². The number of hydrogen-bond donors (Lipinski definition) is 2. The largest absolute Gasteiger partial charge is 0.381 e. The molecule has 0 unspecified atom stereocenters. The Labute approximate surface area is 137 Å². The highest BCUT2D eigenvalue weighted by Gasteiger charge is 2.18. The molecule has 120 valence electrons. The number of nitro benzene ring substituents is 1. The summed E-state index contributed by atoms with van der Waals surface area (Å²) >= 11 is 0. The van der Waals surface area contributed by atoms with Gasteiger partial charge in [0.1, 0.15) is 23.4 Å². The fraction of sp³-hybridized carbons (Fsp3) is 0.133. The van der Waals surface area contributed by atoms with Crippen molar-refractivity contribution in [1.29, 1.82) is 10.5 Å². The smallest absolute Gasteiger partial charge is 0.293 e. The fourth-order valence-electron chi connectivity index (χ4n) is 2.15. The molecular formula is C15H13N7O2. The number of nitriles is 2. The van der Waals surface area contributed by atoms with Gasteiger partial charge in [0.25, 0.3) is 5.69 Å². The van der Waals surface area contributed by atoms with Crippen LogP contribution in [0.15, 0.2) is 18.2 Å². The minimum Gasteiger partial charge on any atom is -0.381 e. The number of hydrogen-bond acceptors (Lipinski definition) is 7. The van der Waals surface area contributed by atoms with Gasteiger partial charge in [-0.25, -0.2) is 0 Å². The van der Waals surface area contributed by atoms with Crippen molar-refractivity contribution >= 4 is 28.8 Å². The van der Waals surface area contributed by atoms with E-state index in [2.05, 4.69) is 10.2 Å². The highest BCUT2D eigenvalue weighted by atomic mass is 16.6. The van der Waals surface area contributed by atoms with Crippen molar-refractivity contribution < 1.29 is 4.92 Å². The third-order valence-corrected chi connectivity index (χ3v) is 3.28. The zero-order valence-electron chi connectivity index (χ0n) is 12.9. The van der Waals surface area contributed by atoms with Gasteiger partial charge in [-0.1, -0.05) is 6.07 Å². The number of anilines is 2. The van der Waals surface area contributed by atoms with E-state index in [4.69, 9.17) is 11.0 Å². The monoisotopic (exact) mass is 323 g/mol. The molecule has 0 aliphatic rings. The zero-order chi connectivity index (χ0) is 17.9. The van der Waals surface area contributed by atoms with E-state index in [-0.39, 0.29) is 28.3 Å². The molecule has 9 heteroatoms. The van der Waals surface area contributed by atoms with E-state index in [0.29, 0.717) is 11.3 Å². The first kappa shape index (κ1) is 16.5. The van der Waals surface area contributed by atoms with Gasteiger partial charge in [-0.15, -0.1) is 0 Å². The van der Waals surface area contributed by atoms with Crippen LogP contribution >= 0.6 is 0 Å². The first-order valence-corrected chi connectivity index (χ1v) is 6.71. The van der Waals surface area contributed by atoms with Gasteiger partial charge < -0.3 is 10.6 Å². The Bertz CT molecular complexity index is 913. The third kappa shape index (κ3) is 3.00. The van der Waals surface area contributed by atoms with E-state index in [9.17, 15) is 15.4 Å². The van der Waals surface area contributed by atoms with Crippen LogP contribution in [0.3, 0.4) is 0 Å². The summed E-state index contributed by atoms with van der Waals surface area (Å²) < 4.78 is 0. The predicted molar refractivity (Wildman–Crippen MR) is 88.6 cm³/mol. The van der Waals surface area contributed by atoms with Crippen molar-refractivity contribution in [2.75, 3.05) is 24.7 Å². The van der Waals surface area contributed by atoms with Crippen molar-refractivity contribution in [2.24, 2.45) is 0 Å². The lowest BCUT2D eigenvalue weighted by molar-refractivity contribution is -0.384. The first-order valence-electron chi connectivity index (χ1n) is 6.71. The fourth-order valence-corrected chi connectivity index (χ4v) is 2.15. The lowest BCUT2D eigenvalue weighted by Crippen LogP contribution is -2.11. The maximum absolute atomic E-state index is 11.2. The summed E-state index contributed by atoms with van der Waals surface area (Å²) in [6, 6.07) is 8.41. The number of nitro groups is 1. The molecule has 1 aromatic heterocycles. The van der Waals surface area contributed by atoms with Gasteiger partial charge in [0, 0.05) is 20.2 Å². The number of nitrogens with two attached hydrogens (primary N) is 1. The van der Waals surface area contributed by atoms with Crippen LogP contribution in [-0.4, -0.2) is 29.2 Å². The van der Waals surface area contributed by atoms with Crippen LogP contribution in [0, 0.1) is 32.8 Å². The standard InChI is InChI=1S/C15H13N7O2/c1-21(2)12-4-3-9(6-13(12)22(23)24)5-10(7-16)14-11(8-17)15(18)20-19-14/h3-6H,1-2H3,(H3,18,19,20)/b10-5+. The number of nitrogens with one attached hydrogen (secondary N) is 1. The molecule has 0 bridgehead atoms. The molecule has 0 radical (unpaired) electrons. The summed E-state index contributed by atoms with van der Waals surface area (Å²) in [5, 5.41) is 35.9. The van der Waals surface area contributed by atoms with Gasteiger partial charge in [-0.2, -0.15) is 15.6 Å². The minimum absolute atomic E-state index is 0.0115. The Morgan fingerprint density at radius 3 is 2.71 bits per heavy atom. The zero-order valence-corrected chi connectivity index (χ0v) is 12.9. The minimum atomic E-state index is -0.492. The van der Waals surface area contributed by atoms with Crippen LogP contribution in [0.4, 0.5) is 17.2 Å². The molecule has 1 heterocycles. The molecule has 0 saturated heterocycles. The topological polar surface area (TPSA) is 149 Å². The number of allylic oxidation sites excluding steroid dienone is 1. The Morgan fingerprint density at radius 2 is 2.17 bits per heavy atom. The number of nitrogen functional groups attached to an aromatic ring is 1. The number of H-pyrrole nitrogens is 1. The van der Waals surface area contributed by atoms with Crippen molar-refractivity contribution in [2.45, 2.75) is 0 Å². The van der Waals surface area contributed by atoms with E-state index in [1.165, 1.54) is 12.1 Å². The predicted octanol–water partition coefficient (Wildman–Crippen LogP) is 1.90. The van der Waals surface area contributed by atoms with E-state index < -0.39 is 4.92 Å². The molecule has 1 aromatic carbocycles. The molecule has 2 aromatic rings. The summed E-state index contributed by atoms with van der Waals surface area (Å²) in [5.41, 5.74) is 6.69. The second-order valence-corrected chi connectivity index (χ2v) is 5.04. The van der Waals surface area contributed by atoms with E-state index in [1.807, 2.05) is 12.1 Å². The average Bonchev–Trinajstić information content (AvgIpc) is 2.92. The van der Waals surface area contributed by atoms with Crippen molar-refractivity contribution in [3.63, 3.8) is 0 Å². The van der Waals surface area contributed by atoms with Gasteiger partial charge in [0.2, 0.25) is 0 Å². The van der Waals surface area contributed by atoms with Gasteiger partial charge >= 0.3 is 0 Å².